The van der Waals surface area contributed by atoms with Crippen LogP contribution < -0.4 is 4.89 Å². The molecule has 1 unspecified atom stereocenters. The SMILES string of the molecule is CC/C=C/C/C=C/C/C=C/C/C=C/C/C=C/CCCC(=O)OC[C@H](COP(=O)([O-])OCC[N+](C)(C)C)OC(=O)CCCCCCC/C=C/CCCCCCC. The van der Waals surface area contributed by atoms with Gasteiger partial charge in [0.05, 0.1) is 27.7 Å². The Kier molecular flexibility index (Phi) is 35.3. The summed E-state index contributed by atoms with van der Waals surface area (Å²) in [6, 6.07) is 0. The Morgan fingerprint density at radius 3 is 1.62 bits per heavy atom. The number of esters is 2. The molecule has 0 heterocycles. The molecule has 55 heavy (non-hydrogen) atoms. The summed E-state index contributed by atoms with van der Waals surface area (Å²) in [5.41, 5.74) is 0. The molecule has 0 aromatic heterocycles. The highest BCUT2D eigenvalue weighted by molar-refractivity contribution is 7.45. The summed E-state index contributed by atoms with van der Waals surface area (Å²) in [5, 5.41) is 0. The number of unbranched alkanes of at least 4 members (excludes halogenated alkanes) is 11. The largest absolute Gasteiger partial charge is 0.756 e. The van der Waals surface area contributed by atoms with Crippen molar-refractivity contribution in [1.82, 2.24) is 0 Å². The molecule has 0 spiro atoms. The number of nitrogens with zero attached hydrogens (tertiary/aromatic N) is 1. The van der Waals surface area contributed by atoms with Gasteiger partial charge in [0, 0.05) is 12.8 Å². The molecular formula is C45H78NO8P. The second-order valence-corrected chi connectivity index (χ2v) is 16.4. The Morgan fingerprint density at radius 1 is 0.582 bits per heavy atom. The molecule has 0 rings (SSSR count). The van der Waals surface area contributed by atoms with E-state index in [1.165, 1.54) is 38.5 Å². The van der Waals surface area contributed by atoms with E-state index in [9.17, 15) is 19.0 Å². The average Bonchev–Trinajstić information content (AvgIpc) is 3.13. The second-order valence-electron chi connectivity index (χ2n) is 15.0. The number of likely N-dealkylation sites (N-methyl/N-ethyl adjacent to an activating group) is 1. The van der Waals surface area contributed by atoms with Crippen LogP contribution in [0.15, 0.2) is 72.9 Å². The number of hydrogen-bond donors (Lipinski definition) is 0. The van der Waals surface area contributed by atoms with Crippen molar-refractivity contribution in [1.29, 1.82) is 0 Å². The minimum atomic E-state index is -4.64. The van der Waals surface area contributed by atoms with Crippen LogP contribution in [0.1, 0.15) is 149 Å². The molecule has 2 atom stereocenters. The highest BCUT2D eigenvalue weighted by atomic mass is 31.2. The van der Waals surface area contributed by atoms with Crippen molar-refractivity contribution < 1.29 is 42.1 Å². The zero-order chi connectivity index (χ0) is 40.7. The van der Waals surface area contributed by atoms with E-state index in [2.05, 4.69) is 80.7 Å². The fraction of sp³-hybridized carbons (Fsp3) is 0.689. The molecule has 316 valence electrons. The second kappa shape index (κ2) is 37.1. The maximum absolute atomic E-state index is 12.6. The van der Waals surface area contributed by atoms with Crippen molar-refractivity contribution >= 4 is 19.8 Å². The first kappa shape index (κ1) is 52.5. The Morgan fingerprint density at radius 2 is 1.05 bits per heavy atom. The third-order valence-corrected chi connectivity index (χ3v) is 9.42. The Balaban J connectivity index is 4.51. The third-order valence-electron chi connectivity index (χ3n) is 8.46. The number of quaternary nitrogens is 1. The van der Waals surface area contributed by atoms with Gasteiger partial charge in [-0.3, -0.25) is 14.2 Å². The molecule has 0 saturated heterocycles. The summed E-state index contributed by atoms with van der Waals surface area (Å²) in [7, 11) is 1.12. The summed E-state index contributed by atoms with van der Waals surface area (Å²) < 4.78 is 33.8. The quantitative estimate of drug-likeness (QED) is 0.0201. The number of phosphoric ester groups is 1. The zero-order valence-electron chi connectivity index (χ0n) is 35.3. The molecule has 0 aromatic carbocycles. The lowest BCUT2D eigenvalue weighted by molar-refractivity contribution is -0.870. The molecule has 0 saturated carbocycles. The fourth-order valence-electron chi connectivity index (χ4n) is 5.15. The highest BCUT2D eigenvalue weighted by Gasteiger charge is 2.21. The van der Waals surface area contributed by atoms with E-state index in [1.807, 2.05) is 27.2 Å². The van der Waals surface area contributed by atoms with Crippen molar-refractivity contribution in [2.45, 2.75) is 155 Å². The molecule has 0 bridgehead atoms. The lowest BCUT2D eigenvalue weighted by atomic mass is 10.1. The van der Waals surface area contributed by atoms with Crippen molar-refractivity contribution in [3.05, 3.63) is 72.9 Å². The Labute approximate surface area is 336 Å². The van der Waals surface area contributed by atoms with Gasteiger partial charge in [-0.1, -0.05) is 132 Å². The van der Waals surface area contributed by atoms with Gasteiger partial charge < -0.3 is 27.9 Å². The number of rotatable bonds is 37. The molecule has 0 aliphatic rings. The fourth-order valence-corrected chi connectivity index (χ4v) is 5.88. The summed E-state index contributed by atoms with van der Waals surface area (Å²) in [4.78, 5) is 37.4. The van der Waals surface area contributed by atoms with Crippen molar-refractivity contribution in [2.75, 3.05) is 47.5 Å². The van der Waals surface area contributed by atoms with Crippen LogP contribution in [0, 0.1) is 0 Å². The normalized spacial score (nSPS) is 14.4. The molecular weight excluding hydrogens is 713 g/mol. The standard InChI is InChI=1S/C45H78NO8P/c1-6-8-10-12-14-16-18-20-22-23-24-26-27-29-31-33-35-37-44(47)51-41-43(42-53-55(49,50)52-40-39-46(3,4)5)54-45(48)38-36-34-32-30-28-25-21-19-17-15-13-11-9-7-2/h8,10,14,16,19-22,24,26,29,31,43H,6-7,9,11-13,15,17-18,23,25,27-28,30,32-42H2,1-5H3/b10-8+,16-14+,21-19+,22-20+,26-24+,31-29+/t43-/m1/s1. The van der Waals surface area contributed by atoms with E-state index in [1.54, 1.807) is 0 Å². The molecule has 0 aliphatic heterocycles. The van der Waals surface area contributed by atoms with Crippen LogP contribution in [-0.2, 0) is 32.7 Å². The maximum atomic E-state index is 12.6. The van der Waals surface area contributed by atoms with E-state index >= 15 is 0 Å². The van der Waals surface area contributed by atoms with Gasteiger partial charge in [-0.25, -0.2) is 0 Å². The van der Waals surface area contributed by atoms with Gasteiger partial charge in [0.25, 0.3) is 7.82 Å². The number of carbonyl (C=O) groups is 2. The zero-order valence-corrected chi connectivity index (χ0v) is 36.2. The van der Waals surface area contributed by atoms with Crippen LogP contribution in [-0.4, -0.2) is 70.0 Å². The maximum Gasteiger partial charge on any atom is 0.306 e. The van der Waals surface area contributed by atoms with Gasteiger partial charge in [0.1, 0.15) is 19.8 Å². The van der Waals surface area contributed by atoms with Crippen molar-refractivity contribution in [2.24, 2.45) is 0 Å². The number of carbonyl (C=O) groups excluding carboxylic acids is 2. The van der Waals surface area contributed by atoms with Gasteiger partial charge in [0.2, 0.25) is 0 Å². The van der Waals surface area contributed by atoms with Gasteiger partial charge in [-0.2, -0.15) is 0 Å². The molecule has 0 aliphatic carbocycles. The van der Waals surface area contributed by atoms with Gasteiger partial charge in [0.15, 0.2) is 6.10 Å². The van der Waals surface area contributed by atoms with Gasteiger partial charge in [-0.15, -0.1) is 0 Å². The predicted octanol–water partition coefficient (Wildman–Crippen LogP) is 11.2. The molecule has 9 nitrogen and oxygen atoms in total. The molecule has 0 amide bonds. The molecule has 0 aromatic rings. The lowest BCUT2D eigenvalue weighted by Crippen LogP contribution is -2.37. The highest BCUT2D eigenvalue weighted by Crippen LogP contribution is 2.38. The third kappa shape index (κ3) is 40.9. The van der Waals surface area contributed by atoms with Crippen LogP contribution >= 0.6 is 7.82 Å². The smallest absolute Gasteiger partial charge is 0.306 e. The van der Waals surface area contributed by atoms with Crippen LogP contribution in [0.3, 0.4) is 0 Å². The summed E-state index contributed by atoms with van der Waals surface area (Å²) >= 11 is 0. The van der Waals surface area contributed by atoms with E-state index < -0.39 is 32.5 Å². The first-order valence-electron chi connectivity index (χ1n) is 21.1. The van der Waals surface area contributed by atoms with Crippen LogP contribution in [0.25, 0.3) is 0 Å². The van der Waals surface area contributed by atoms with E-state index in [0.29, 0.717) is 23.9 Å². The molecule has 0 N–H and O–H groups in total. The minimum Gasteiger partial charge on any atom is -0.756 e. The Bertz CT molecular complexity index is 1170. The number of phosphoric acid groups is 1. The molecule has 10 heteroatoms. The molecule has 0 radical (unpaired) electrons. The summed E-state index contributed by atoms with van der Waals surface area (Å²) in [6.45, 7) is 4.00. The van der Waals surface area contributed by atoms with Gasteiger partial charge >= 0.3 is 11.9 Å². The number of hydrogen-bond acceptors (Lipinski definition) is 8. The molecule has 0 fully saturated rings. The monoisotopic (exact) mass is 792 g/mol. The van der Waals surface area contributed by atoms with Crippen LogP contribution in [0.2, 0.25) is 0 Å². The van der Waals surface area contributed by atoms with Crippen molar-refractivity contribution in [3.63, 3.8) is 0 Å². The van der Waals surface area contributed by atoms with Gasteiger partial charge in [-0.05, 0) is 77.0 Å². The average molecular weight is 792 g/mol. The first-order valence-corrected chi connectivity index (χ1v) is 22.6. The predicted molar refractivity (Wildman–Crippen MR) is 226 cm³/mol. The summed E-state index contributed by atoms with van der Waals surface area (Å²) in [5.74, 6) is -0.920. The minimum absolute atomic E-state index is 0.0446. The number of allylic oxidation sites excluding steroid dienone is 12. The van der Waals surface area contributed by atoms with E-state index in [4.69, 9.17) is 18.5 Å². The van der Waals surface area contributed by atoms with E-state index in [0.717, 1.165) is 70.6 Å². The van der Waals surface area contributed by atoms with Crippen LogP contribution in [0.4, 0.5) is 0 Å². The first-order chi connectivity index (χ1) is 26.5. The number of ether oxygens (including phenoxy) is 2. The summed E-state index contributed by atoms with van der Waals surface area (Å²) in [6.07, 6.45) is 45.1. The lowest BCUT2D eigenvalue weighted by Gasteiger charge is -2.28. The Hall–Kier alpha value is -2.55. The van der Waals surface area contributed by atoms with E-state index in [-0.39, 0.29) is 26.1 Å². The van der Waals surface area contributed by atoms with Crippen LogP contribution in [0.5, 0.6) is 0 Å². The topological polar surface area (TPSA) is 111 Å². The van der Waals surface area contributed by atoms with Crippen molar-refractivity contribution in [3.8, 4) is 0 Å².